The Morgan fingerprint density at radius 1 is 1.09 bits per heavy atom. The molecule has 0 spiro atoms. The van der Waals surface area contributed by atoms with Crippen molar-refractivity contribution in [2.24, 2.45) is 5.10 Å². The van der Waals surface area contributed by atoms with E-state index in [1.807, 2.05) is 48.7 Å². The standard InChI is InChI=1S/C23H24N8O2/c1-2-7-19-18(6-1)20(15-25-19)30-26-16-21-27-22(31-10-13-32-14-11-31)29-23(28-21)33-12-8-17-5-3-4-9-24-17/h1-7,9,15-16,25,30H,8,10-14H2/b26-16+. The smallest absolute Gasteiger partial charge is 0.321 e. The van der Waals surface area contributed by atoms with Crippen LogP contribution in [0.1, 0.15) is 11.5 Å². The molecule has 3 aromatic heterocycles. The van der Waals surface area contributed by atoms with Gasteiger partial charge in [0.1, 0.15) is 0 Å². The maximum absolute atomic E-state index is 5.84. The highest BCUT2D eigenvalue weighted by atomic mass is 16.5. The number of ether oxygens (including phenoxy) is 2. The topological polar surface area (TPSA) is 113 Å². The molecule has 0 aliphatic carbocycles. The highest BCUT2D eigenvalue weighted by Crippen LogP contribution is 2.22. The minimum Gasteiger partial charge on any atom is -0.463 e. The second kappa shape index (κ2) is 10.0. The van der Waals surface area contributed by atoms with Crippen molar-refractivity contribution in [1.29, 1.82) is 0 Å². The van der Waals surface area contributed by atoms with Crippen molar-refractivity contribution in [3.63, 3.8) is 0 Å². The number of hydrogen-bond donors (Lipinski definition) is 2. The molecule has 10 heteroatoms. The number of morpholine rings is 1. The van der Waals surface area contributed by atoms with Gasteiger partial charge in [0.05, 0.1) is 31.7 Å². The quantitative estimate of drug-likeness (QED) is 0.315. The Bertz CT molecular complexity index is 1220. The number of hydrogen-bond acceptors (Lipinski definition) is 9. The number of aromatic nitrogens is 5. The second-order valence-corrected chi connectivity index (χ2v) is 7.41. The van der Waals surface area contributed by atoms with E-state index in [1.165, 1.54) is 0 Å². The Hall–Kier alpha value is -4.05. The number of anilines is 2. The first kappa shape index (κ1) is 20.8. The first-order valence-electron chi connectivity index (χ1n) is 10.8. The zero-order chi connectivity index (χ0) is 22.3. The average molecular weight is 444 g/mol. The highest BCUT2D eigenvalue weighted by Gasteiger charge is 2.17. The van der Waals surface area contributed by atoms with E-state index in [2.05, 4.69) is 40.3 Å². The van der Waals surface area contributed by atoms with E-state index in [-0.39, 0.29) is 6.01 Å². The molecule has 0 radical (unpaired) electrons. The van der Waals surface area contributed by atoms with Crippen molar-refractivity contribution in [1.82, 2.24) is 24.9 Å². The zero-order valence-corrected chi connectivity index (χ0v) is 18.0. The van der Waals surface area contributed by atoms with Gasteiger partial charge in [-0.3, -0.25) is 10.4 Å². The molecule has 0 bridgehead atoms. The van der Waals surface area contributed by atoms with Crippen LogP contribution in [0, 0.1) is 0 Å². The second-order valence-electron chi connectivity index (χ2n) is 7.41. The highest BCUT2D eigenvalue weighted by molar-refractivity contribution is 5.92. The largest absolute Gasteiger partial charge is 0.463 e. The molecular weight excluding hydrogens is 420 g/mol. The third-order valence-electron chi connectivity index (χ3n) is 5.18. The van der Waals surface area contributed by atoms with Crippen molar-refractivity contribution in [2.45, 2.75) is 6.42 Å². The lowest BCUT2D eigenvalue weighted by Gasteiger charge is -2.26. The number of pyridine rings is 1. The number of rotatable bonds is 8. The molecule has 5 rings (SSSR count). The molecule has 1 aromatic carbocycles. The fourth-order valence-corrected chi connectivity index (χ4v) is 3.50. The van der Waals surface area contributed by atoms with Crippen LogP contribution in [0.15, 0.2) is 60.0 Å². The van der Waals surface area contributed by atoms with Crippen LogP contribution in [0.2, 0.25) is 0 Å². The first-order valence-corrected chi connectivity index (χ1v) is 10.8. The van der Waals surface area contributed by atoms with Crippen LogP contribution in [0.25, 0.3) is 10.9 Å². The van der Waals surface area contributed by atoms with Gasteiger partial charge in [0.15, 0.2) is 5.82 Å². The fourth-order valence-electron chi connectivity index (χ4n) is 3.50. The molecule has 0 atom stereocenters. The Morgan fingerprint density at radius 2 is 1.97 bits per heavy atom. The number of H-pyrrole nitrogens is 1. The van der Waals surface area contributed by atoms with E-state index >= 15 is 0 Å². The number of nitrogens with one attached hydrogen (secondary N) is 2. The predicted molar refractivity (Wildman–Crippen MR) is 126 cm³/mol. The Labute approximate surface area is 190 Å². The van der Waals surface area contributed by atoms with Crippen LogP contribution in [-0.4, -0.2) is 64.0 Å². The molecule has 33 heavy (non-hydrogen) atoms. The molecule has 1 saturated heterocycles. The number of aromatic amines is 1. The summed E-state index contributed by atoms with van der Waals surface area (Å²) in [6, 6.07) is 14.1. The van der Waals surface area contributed by atoms with Gasteiger partial charge < -0.3 is 19.4 Å². The normalized spacial score (nSPS) is 14.1. The lowest BCUT2D eigenvalue weighted by molar-refractivity contribution is 0.122. The summed E-state index contributed by atoms with van der Waals surface area (Å²) in [5.41, 5.74) is 5.91. The minimum absolute atomic E-state index is 0.260. The summed E-state index contributed by atoms with van der Waals surface area (Å²) in [6.45, 7) is 3.09. The van der Waals surface area contributed by atoms with Crippen LogP contribution < -0.4 is 15.1 Å². The van der Waals surface area contributed by atoms with E-state index in [1.54, 1.807) is 12.4 Å². The van der Waals surface area contributed by atoms with Crippen LogP contribution >= 0.6 is 0 Å². The minimum atomic E-state index is 0.260. The number of benzene rings is 1. The molecule has 1 fully saturated rings. The van der Waals surface area contributed by atoms with Crippen molar-refractivity contribution in [3.05, 3.63) is 66.4 Å². The Kier molecular flexibility index (Phi) is 6.34. The fraction of sp³-hybridized carbons (Fsp3) is 0.261. The maximum Gasteiger partial charge on any atom is 0.321 e. The average Bonchev–Trinajstić information content (AvgIpc) is 3.28. The monoisotopic (exact) mass is 444 g/mol. The van der Waals surface area contributed by atoms with Crippen molar-refractivity contribution >= 4 is 28.8 Å². The van der Waals surface area contributed by atoms with Gasteiger partial charge in [-0.25, -0.2) is 0 Å². The molecule has 0 amide bonds. The van der Waals surface area contributed by atoms with Crippen molar-refractivity contribution in [3.8, 4) is 6.01 Å². The molecule has 0 unspecified atom stereocenters. The molecule has 1 aliphatic rings. The third kappa shape index (κ3) is 5.24. The van der Waals surface area contributed by atoms with Crippen molar-refractivity contribution in [2.75, 3.05) is 43.2 Å². The van der Waals surface area contributed by atoms with Crippen LogP contribution in [0.5, 0.6) is 6.01 Å². The lowest BCUT2D eigenvalue weighted by atomic mass is 10.2. The van der Waals surface area contributed by atoms with E-state index < -0.39 is 0 Å². The summed E-state index contributed by atoms with van der Waals surface area (Å²) < 4.78 is 11.3. The number of nitrogens with zero attached hydrogens (tertiary/aromatic N) is 6. The number of fused-ring (bicyclic) bond motifs is 1. The van der Waals surface area contributed by atoms with Crippen LogP contribution in [0.4, 0.5) is 11.6 Å². The van der Waals surface area contributed by atoms with Gasteiger partial charge in [0.2, 0.25) is 5.95 Å². The molecule has 1 aliphatic heterocycles. The summed E-state index contributed by atoms with van der Waals surface area (Å²) in [5, 5.41) is 5.39. The van der Waals surface area contributed by atoms with Gasteiger partial charge in [-0.05, 0) is 18.2 Å². The van der Waals surface area contributed by atoms with Gasteiger partial charge >= 0.3 is 6.01 Å². The SMILES string of the molecule is C(=N\Nc1c[nH]c2ccccc12)/c1nc(OCCc2ccccn2)nc(N2CCOCC2)n1. The molecule has 10 nitrogen and oxygen atoms in total. The van der Waals surface area contributed by atoms with E-state index in [9.17, 15) is 0 Å². The van der Waals surface area contributed by atoms with Crippen LogP contribution in [-0.2, 0) is 11.2 Å². The third-order valence-corrected chi connectivity index (χ3v) is 5.18. The Balaban J connectivity index is 1.32. The molecular formula is C23H24N8O2. The zero-order valence-electron chi connectivity index (χ0n) is 18.0. The molecule has 4 heterocycles. The lowest BCUT2D eigenvalue weighted by Crippen LogP contribution is -2.37. The summed E-state index contributed by atoms with van der Waals surface area (Å²) in [4.78, 5) is 23.1. The summed E-state index contributed by atoms with van der Waals surface area (Å²) in [5.74, 6) is 0.960. The van der Waals surface area contributed by atoms with E-state index in [0.717, 1.165) is 22.3 Å². The molecule has 4 aromatic rings. The van der Waals surface area contributed by atoms with E-state index in [4.69, 9.17) is 9.47 Å². The summed E-state index contributed by atoms with van der Waals surface area (Å²) >= 11 is 0. The van der Waals surface area contributed by atoms with E-state index in [0.29, 0.717) is 51.1 Å². The van der Waals surface area contributed by atoms with Gasteiger partial charge in [-0.1, -0.05) is 24.3 Å². The molecule has 0 saturated carbocycles. The molecule has 2 N–H and O–H groups in total. The number of para-hydroxylation sites is 1. The summed E-state index contributed by atoms with van der Waals surface area (Å²) in [7, 11) is 0. The van der Waals surface area contributed by atoms with Crippen LogP contribution in [0.3, 0.4) is 0 Å². The van der Waals surface area contributed by atoms with Gasteiger partial charge in [0.25, 0.3) is 0 Å². The Morgan fingerprint density at radius 3 is 2.85 bits per heavy atom. The predicted octanol–water partition coefficient (Wildman–Crippen LogP) is 2.65. The van der Waals surface area contributed by atoms with Gasteiger partial charge in [-0.15, -0.1) is 0 Å². The van der Waals surface area contributed by atoms with Gasteiger partial charge in [-0.2, -0.15) is 20.1 Å². The first-order chi connectivity index (χ1) is 16.3. The molecule has 168 valence electrons. The number of hydrazone groups is 1. The maximum atomic E-state index is 5.84. The van der Waals surface area contributed by atoms with Crippen molar-refractivity contribution < 1.29 is 9.47 Å². The van der Waals surface area contributed by atoms with Gasteiger partial charge in [0, 0.05) is 48.5 Å². The summed E-state index contributed by atoms with van der Waals surface area (Å²) in [6.07, 6.45) is 5.87.